The lowest BCUT2D eigenvalue weighted by atomic mass is 10.2. The molecule has 2 amide bonds. The molecule has 23 heavy (non-hydrogen) atoms. The maximum atomic E-state index is 12.0. The van der Waals surface area contributed by atoms with E-state index in [2.05, 4.69) is 15.7 Å². The van der Waals surface area contributed by atoms with E-state index in [0.717, 1.165) is 0 Å². The van der Waals surface area contributed by atoms with Crippen molar-refractivity contribution < 1.29 is 19.1 Å². The Labute approximate surface area is 131 Å². The molecule has 2 N–H and O–H groups in total. The van der Waals surface area contributed by atoms with Crippen LogP contribution in [0.3, 0.4) is 0 Å². The summed E-state index contributed by atoms with van der Waals surface area (Å²) >= 11 is 0. The molecule has 0 spiro atoms. The van der Waals surface area contributed by atoms with Crippen molar-refractivity contribution in [3.05, 3.63) is 28.6 Å². The minimum atomic E-state index is -0.754. The highest BCUT2D eigenvalue weighted by Crippen LogP contribution is 2.31. The number of ether oxygens (including phenoxy) is 2. The van der Waals surface area contributed by atoms with E-state index in [1.165, 1.54) is 32.4 Å². The van der Waals surface area contributed by atoms with Gasteiger partial charge in [0.25, 0.3) is 0 Å². The lowest BCUT2D eigenvalue weighted by Crippen LogP contribution is -2.25. The molecular formula is C14H16N4O5. The van der Waals surface area contributed by atoms with Crippen LogP contribution in [0.15, 0.2) is 23.1 Å². The fourth-order valence-electron chi connectivity index (χ4n) is 1.93. The fourth-order valence-corrected chi connectivity index (χ4v) is 1.93. The van der Waals surface area contributed by atoms with E-state index >= 15 is 0 Å². The van der Waals surface area contributed by atoms with E-state index in [4.69, 9.17) is 9.47 Å². The van der Waals surface area contributed by atoms with Crippen LogP contribution in [0.5, 0.6) is 11.5 Å². The van der Waals surface area contributed by atoms with Gasteiger partial charge in [-0.25, -0.2) is 9.59 Å². The van der Waals surface area contributed by atoms with Crippen molar-refractivity contribution in [1.29, 1.82) is 0 Å². The summed E-state index contributed by atoms with van der Waals surface area (Å²) in [5.74, 6) is -0.0542. The third-order valence-corrected chi connectivity index (χ3v) is 3.03. The van der Waals surface area contributed by atoms with Gasteiger partial charge in [-0.3, -0.25) is 9.48 Å². The minimum Gasteiger partial charge on any atom is -0.406 e. The molecular weight excluding hydrogens is 304 g/mol. The molecule has 9 nitrogen and oxygen atoms in total. The zero-order valence-electron chi connectivity index (χ0n) is 12.9. The standard InChI is InChI=1S/C14H16N4O5/c1-4-18-9-6-12(23-14(21)16-3)11(22-13(20)15-2)5-8(9)10(19)7-17-18/h5-7H,4H2,1-3H3,(H,15,20)(H,16,21). The maximum absolute atomic E-state index is 12.0. The first-order valence-corrected chi connectivity index (χ1v) is 6.83. The van der Waals surface area contributed by atoms with Crippen LogP contribution in [0.4, 0.5) is 9.59 Å². The first-order valence-electron chi connectivity index (χ1n) is 6.83. The second-order valence-corrected chi connectivity index (χ2v) is 4.42. The molecule has 122 valence electrons. The molecule has 0 fully saturated rings. The zero-order valence-corrected chi connectivity index (χ0v) is 12.9. The highest BCUT2D eigenvalue weighted by atomic mass is 16.6. The smallest absolute Gasteiger partial charge is 0.406 e. The minimum absolute atomic E-state index is 0.00458. The van der Waals surface area contributed by atoms with Crippen molar-refractivity contribution in [3.63, 3.8) is 0 Å². The number of benzene rings is 1. The van der Waals surface area contributed by atoms with Crippen molar-refractivity contribution in [2.75, 3.05) is 14.1 Å². The molecule has 0 radical (unpaired) electrons. The molecule has 9 heteroatoms. The molecule has 1 aromatic carbocycles. The monoisotopic (exact) mass is 320 g/mol. The fraction of sp³-hybridized carbons (Fsp3) is 0.286. The molecule has 1 heterocycles. The van der Waals surface area contributed by atoms with Gasteiger partial charge in [0.05, 0.1) is 17.1 Å². The molecule has 1 aromatic heterocycles. The molecule has 0 saturated carbocycles. The van der Waals surface area contributed by atoms with Gasteiger partial charge in [-0.05, 0) is 13.0 Å². The number of aryl methyl sites for hydroxylation is 1. The average molecular weight is 320 g/mol. The van der Waals surface area contributed by atoms with E-state index < -0.39 is 12.2 Å². The summed E-state index contributed by atoms with van der Waals surface area (Å²) in [6, 6.07) is 2.78. The SMILES string of the molecule is CCn1ncc(=O)c2cc(OC(=O)NC)c(OC(=O)NC)cc21. The van der Waals surface area contributed by atoms with Crippen LogP contribution in [0.1, 0.15) is 6.92 Å². The van der Waals surface area contributed by atoms with Crippen LogP contribution >= 0.6 is 0 Å². The molecule has 0 unspecified atom stereocenters. The van der Waals surface area contributed by atoms with Gasteiger partial charge < -0.3 is 20.1 Å². The third-order valence-electron chi connectivity index (χ3n) is 3.03. The number of nitrogens with zero attached hydrogens (tertiary/aromatic N) is 2. The second kappa shape index (κ2) is 6.77. The Hall–Kier alpha value is -3.10. The Kier molecular flexibility index (Phi) is 4.79. The summed E-state index contributed by atoms with van der Waals surface area (Å²) < 4.78 is 11.7. The number of hydrogen-bond donors (Lipinski definition) is 2. The molecule has 2 rings (SSSR count). The Bertz CT molecular complexity index is 815. The number of nitrogens with one attached hydrogen (secondary N) is 2. The number of carbonyl (C=O) groups is 2. The van der Waals surface area contributed by atoms with Crippen LogP contribution < -0.4 is 25.5 Å². The van der Waals surface area contributed by atoms with Crippen LogP contribution in [0.25, 0.3) is 10.9 Å². The Balaban J connectivity index is 2.67. The van der Waals surface area contributed by atoms with Gasteiger partial charge in [0.1, 0.15) is 0 Å². The molecule has 0 aliphatic rings. The van der Waals surface area contributed by atoms with Gasteiger partial charge in [0, 0.05) is 26.7 Å². The number of hydrogen-bond acceptors (Lipinski definition) is 6. The maximum Gasteiger partial charge on any atom is 0.412 e. The second-order valence-electron chi connectivity index (χ2n) is 4.42. The first-order chi connectivity index (χ1) is 11.0. The summed E-state index contributed by atoms with van der Waals surface area (Å²) in [6.45, 7) is 2.36. The average Bonchev–Trinajstić information content (AvgIpc) is 2.56. The summed E-state index contributed by atoms with van der Waals surface area (Å²) in [4.78, 5) is 34.9. The molecule has 0 saturated heterocycles. The van der Waals surface area contributed by atoms with Gasteiger partial charge in [0.15, 0.2) is 11.5 Å². The Morgan fingerprint density at radius 1 is 1.13 bits per heavy atom. The normalized spacial score (nSPS) is 10.2. The highest BCUT2D eigenvalue weighted by Gasteiger charge is 2.17. The predicted octanol–water partition coefficient (Wildman–Crippen LogP) is 0.853. The quantitative estimate of drug-likeness (QED) is 0.867. The van der Waals surface area contributed by atoms with E-state index in [-0.39, 0.29) is 16.9 Å². The van der Waals surface area contributed by atoms with Crippen LogP contribution in [-0.4, -0.2) is 36.1 Å². The van der Waals surface area contributed by atoms with Gasteiger partial charge in [-0.15, -0.1) is 0 Å². The highest BCUT2D eigenvalue weighted by molar-refractivity contribution is 5.85. The van der Waals surface area contributed by atoms with Crippen molar-refractivity contribution in [3.8, 4) is 11.5 Å². The molecule has 2 aromatic rings. The predicted molar refractivity (Wildman–Crippen MR) is 81.8 cm³/mol. The summed E-state index contributed by atoms with van der Waals surface area (Å²) in [7, 11) is 2.78. The first kappa shape index (κ1) is 16.3. The van der Waals surface area contributed by atoms with Gasteiger partial charge >= 0.3 is 12.2 Å². The lowest BCUT2D eigenvalue weighted by Gasteiger charge is -2.13. The van der Waals surface area contributed by atoms with Crippen LogP contribution in [0.2, 0.25) is 0 Å². The number of rotatable bonds is 3. The number of fused-ring (bicyclic) bond motifs is 1. The van der Waals surface area contributed by atoms with Gasteiger partial charge in [-0.2, -0.15) is 5.10 Å². The van der Waals surface area contributed by atoms with E-state index in [0.29, 0.717) is 17.4 Å². The van der Waals surface area contributed by atoms with E-state index in [1.807, 2.05) is 6.92 Å². The molecule has 0 bridgehead atoms. The molecule has 0 aliphatic heterocycles. The largest absolute Gasteiger partial charge is 0.412 e. The van der Waals surface area contributed by atoms with Gasteiger partial charge in [-0.1, -0.05) is 0 Å². The van der Waals surface area contributed by atoms with E-state index in [1.54, 1.807) is 4.68 Å². The summed E-state index contributed by atoms with van der Waals surface area (Å²) in [5, 5.41) is 8.87. The topological polar surface area (TPSA) is 112 Å². The molecule has 0 aliphatic carbocycles. The Morgan fingerprint density at radius 2 is 1.70 bits per heavy atom. The van der Waals surface area contributed by atoms with Crippen molar-refractivity contribution in [1.82, 2.24) is 20.4 Å². The number of carbonyl (C=O) groups excluding carboxylic acids is 2. The van der Waals surface area contributed by atoms with Gasteiger partial charge in [0.2, 0.25) is 5.43 Å². The number of aromatic nitrogens is 2. The van der Waals surface area contributed by atoms with E-state index in [9.17, 15) is 14.4 Å². The zero-order chi connectivity index (χ0) is 17.0. The summed E-state index contributed by atoms with van der Waals surface area (Å²) in [5.41, 5.74) is 0.126. The Morgan fingerprint density at radius 3 is 2.22 bits per heavy atom. The lowest BCUT2D eigenvalue weighted by molar-refractivity contribution is 0.192. The van der Waals surface area contributed by atoms with Crippen molar-refractivity contribution in [2.45, 2.75) is 13.5 Å². The van der Waals surface area contributed by atoms with Crippen molar-refractivity contribution in [2.24, 2.45) is 0 Å². The van der Waals surface area contributed by atoms with Crippen LogP contribution in [-0.2, 0) is 6.54 Å². The number of amides is 2. The van der Waals surface area contributed by atoms with Crippen LogP contribution in [0, 0.1) is 0 Å². The van der Waals surface area contributed by atoms with Crippen molar-refractivity contribution >= 4 is 23.1 Å². The summed E-state index contributed by atoms with van der Waals surface area (Å²) in [6.07, 6.45) is -0.314. The third kappa shape index (κ3) is 3.39. The molecule has 0 atom stereocenters.